The Morgan fingerprint density at radius 1 is 1.13 bits per heavy atom. The van der Waals surface area contributed by atoms with Crippen LogP contribution in [0.25, 0.3) is 10.9 Å². The van der Waals surface area contributed by atoms with Crippen molar-refractivity contribution >= 4 is 10.9 Å². The van der Waals surface area contributed by atoms with Crippen LogP contribution in [0.3, 0.4) is 0 Å². The number of aromatic amines is 1. The Balaban J connectivity index is 1.45. The number of hydrogen-bond acceptors (Lipinski definition) is 3. The predicted octanol–water partition coefficient (Wildman–Crippen LogP) is 4.63. The van der Waals surface area contributed by atoms with Gasteiger partial charge in [-0.25, -0.2) is 0 Å². The lowest BCUT2D eigenvalue weighted by atomic mass is 9.44. The zero-order valence-corrected chi connectivity index (χ0v) is 19.1. The average molecular weight is 422 g/mol. The highest BCUT2D eigenvalue weighted by atomic mass is 16.5. The van der Waals surface area contributed by atoms with Gasteiger partial charge in [-0.15, -0.1) is 0 Å². The van der Waals surface area contributed by atoms with E-state index in [1.165, 1.54) is 40.6 Å². The molecule has 0 bridgehead atoms. The Morgan fingerprint density at radius 2 is 1.90 bits per heavy atom. The first-order chi connectivity index (χ1) is 14.6. The van der Waals surface area contributed by atoms with E-state index in [9.17, 15) is 10.2 Å². The van der Waals surface area contributed by atoms with Crippen molar-refractivity contribution in [1.82, 2.24) is 4.98 Å². The lowest BCUT2D eigenvalue weighted by Gasteiger charge is -2.61. The monoisotopic (exact) mass is 421 g/mol. The fraction of sp³-hybridized carbons (Fsp3) is 0.630. The Kier molecular flexibility index (Phi) is 4.03. The van der Waals surface area contributed by atoms with E-state index < -0.39 is 17.8 Å². The minimum absolute atomic E-state index is 0.0154. The molecule has 4 heteroatoms. The number of aliphatic hydroxyl groups excluding tert-OH is 1. The second kappa shape index (κ2) is 6.24. The smallest absolute Gasteiger partial charge is 0.116 e. The molecule has 0 amide bonds. The summed E-state index contributed by atoms with van der Waals surface area (Å²) in [6.07, 6.45) is 6.33. The van der Waals surface area contributed by atoms with E-state index in [2.05, 4.69) is 43.1 Å². The molecule has 0 saturated heterocycles. The second-order valence-corrected chi connectivity index (χ2v) is 11.6. The van der Waals surface area contributed by atoms with Crippen molar-refractivity contribution in [2.45, 2.75) is 89.1 Å². The third kappa shape index (κ3) is 2.47. The highest BCUT2D eigenvalue weighted by Gasteiger charge is 2.64. The SMILES string of the molecule is CC(C)(O)C1OC2CCC3(C)C(CCC4Cc5c([nH]c6ccccc56)C43C)C2=CC1O. The van der Waals surface area contributed by atoms with Crippen LogP contribution in [0.5, 0.6) is 0 Å². The molecule has 1 aliphatic heterocycles. The van der Waals surface area contributed by atoms with Crippen molar-refractivity contribution < 1.29 is 14.9 Å². The summed E-state index contributed by atoms with van der Waals surface area (Å²) < 4.78 is 6.35. The highest BCUT2D eigenvalue weighted by Crippen LogP contribution is 2.67. The molecule has 1 aromatic carbocycles. The number of aliphatic hydroxyl groups is 2. The van der Waals surface area contributed by atoms with Crippen LogP contribution in [0.4, 0.5) is 0 Å². The summed E-state index contributed by atoms with van der Waals surface area (Å²) in [7, 11) is 0. The van der Waals surface area contributed by atoms with E-state index >= 15 is 0 Å². The third-order valence-electron chi connectivity index (χ3n) is 9.74. The van der Waals surface area contributed by atoms with Crippen LogP contribution in [-0.2, 0) is 16.6 Å². The number of para-hydroxylation sites is 1. The minimum Gasteiger partial charge on any atom is -0.388 e. The topological polar surface area (TPSA) is 65.5 Å². The van der Waals surface area contributed by atoms with E-state index in [0.29, 0.717) is 11.8 Å². The molecular formula is C27H35NO3. The van der Waals surface area contributed by atoms with Crippen LogP contribution in [-0.4, -0.2) is 39.1 Å². The summed E-state index contributed by atoms with van der Waals surface area (Å²) in [6.45, 7) is 8.46. The van der Waals surface area contributed by atoms with Gasteiger partial charge in [0.15, 0.2) is 0 Å². The molecular weight excluding hydrogens is 386 g/mol. The standard InChI is InChI=1S/C27H35NO3/c1-25(2,30)24-21(29)14-18-19-10-9-15-13-17-16-7-5-6-8-20(16)28-23(17)27(15,4)26(19,3)12-11-22(18)31-24/h5-8,14-15,19,21-22,24,28-30H,9-13H2,1-4H3. The minimum atomic E-state index is -1.06. The maximum absolute atomic E-state index is 10.9. The largest absolute Gasteiger partial charge is 0.388 e. The fourth-order valence-electron chi connectivity index (χ4n) is 7.99. The number of H-pyrrole nitrogens is 1. The van der Waals surface area contributed by atoms with Gasteiger partial charge in [-0.3, -0.25) is 0 Å². The summed E-state index contributed by atoms with van der Waals surface area (Å²) in [5.41, 5.74) is 4.68. The van der Waals surface area contributed by atoms with Gasteiger partial charge < -0.3 is 19.9 Å². The zero-order chi connectivity index (χ0) is 21.8. The van der Waals surface area contributed by atoms with Gasteiger partial charge in [0, 0.05) is 22.0 Å². The van der Waals surface area contributed by atoms with E-state index in [1.807, 2.05) is 6.08 Å². The van der Waals surface area contributed by atoms with Gasteiger partial charge in [0.25, 0.3) is 0 Å². The molecule has 2 heterocycles. The molecule has 2 aromatic rings. The quantitative estimate of drug-likeness (QED) is 0.588. The molecule has 1 aromatic heterocycles. The fourth-order valence-corrected chi connectivity index (χ4v) is 7.99. The van der Waals surface area contributed by atoms with Crippen molar-refractivity contribution in [2.24, 2.45) is 17.3 Å². The normalized spacial score (nSPS) is 41.9. The van der Waals surface area contributed by atoms with E-state index in [-0.39, 0.29) is 16.9 Å². The number of aromatic nitrogens is 1. The molecule has 2 saturated carbocycles. The highest BCUT2D eigenvalue weighted by molar-refractivity contribution is 5.86. The van der Waals surface area contributed by atoms with Crippen LogP contribution >= 0.6 is 0 Å². The third-order valence-corrected chi connectivity index (χ3v) is 9.74. The van der Waals surface area contributed by atoms with Gasteiger partial charge in [0.2, 0.25) is 0 Å². The van der Waals surface area contributed by atoms with Crippen molar-refractivity contribution in [3.05, 3.63) is 47.2 Å². The lowest BCUT2D eigenvalue weighted by Crippen LogP contribution is -2.59. The van der Waals surface area contributed by atoms with Crippen molar-refractivity contribution in [1.29, 1.82) is 0 Å². The maximum atomic E-state index is 10.9. The van der Waals surface area contributed by atoms with Gasteiger partial charge >= 0.3 is 0 Å². The van der Waals surface area contributed by atoms with E-state index in [1.54, 1.807) is 13.8 Å². The van der Waals surface area contributed by atoms with Gasteiger partial charge in [-0.1, -0.05) is 38.1 Å². The Labute approximate surface area is 184 Å². The first-order valence-electron chi connectivity index (χ1n) is 12.0. The Hall–Kier alpha value is -1.62. The van der Waals surface area contributed by atoms with Crippen molar-refractivity contribution in [2.75, 3.05) is 0 Å². The summed E-state index contributed by atoms with van der Waals surface area (Å²) in [5.74, 6) is 1.07. The lowest BCUT2D eigenvalue weighted by molar-refractivity contribution is -0.171. The van der Waals surface area contributed by atoms with Crippen LogP contribution in [0.1, 0.15) is 64.6 Å². The van der Waals surface area contributed by atoms with Crippen molar-refractivity contribution in [3.63, 3.8) is 0 Å². The number of hydrogen-bond donors (Lipinski definition) is 3. The van der Waals surface area contributed by atoms with Gasteiger partial charge in [0.1, 0.15) is 12.2 Å². The molecule has 3 N–H and O–H groups in total. The molecule has 31 heavy (non-hydrogen) atoms. The maximum Gasteiger partial charge on any atom is 0.116 e. The number of ether oxygens (including phenoxy) is 1. The Morgan fingerprint density at radius 3 is 2.68 bits per heavy atom. The second-order valence-electron chi connectivity index (χ2n) is 11.6. The zero-order valence-electron chi connectivity index (χ0n) is 19.1. The van der Waals surface area contributed by atoms with E-state index in [4.69, 9.17) is 4.74 Å². The van der Waals surface area contributed by atoms with Crippen LogP contribution in [0.15, 0.2) is 35.9 Å². The molecule has 166 valence electrons. The van der Waals surface area contributed by atoms with Gasteiger partial charge in [-0.05, 0) is 80.4 Å². The van der Waals surface area contributed by atoms with E-state index in [0.717, 1.165) is 19.3 Å². The first-order valence-corrected chi connectivity index (χ1v) is 12.0. The van der Waals surface area contributed by atoms with Crippen LogP contribution in [0, 0.1) is 17.3 Å². The number of fused-ring (bicyclic) bond motifs is 9. The molecule has 7 unspecified atom stereocenters. The van der Waals surface area contributed by atoms with Gasteiger partial charge in [-0.2, -0.15) is 0 Å². The molecule has 7 atom stereocenters. The number of rotatable bonds is 1. The van der Waals surface area contributed by atoms with Crippen LogP contribution in [0.2, 0.25) is 0 Å². The average Bonchev–Trinajstić information content (AvgIpc) is 3.22. The molecule has 3 aliphatic carbocycles. The first kappa shape index (κ1) is 20.0. The summed E-state index contributed by atoms with van der Waals surface area (Å²) in [6, 6.07) is 8.75. The summed E-state index contributed by atoms with van der Waals surface area (Å²) in [4.78, 5) is 3.85. The summed E-state index contributed by atoms with van der Waals surface area (Å²) >= 11 is 0. The molecule has 2 fully saturated rings. The van der Waals surface area contributed by atoms with Gasteiger partial charge in [0.05, 0.1) is 11.7 Å². The molecule has 4 nitrogen and oxygen atoms in total. The molecule has 4 aliphatic rings. The van der Waals surface area contributed by atoms with Crippen LogP contribution < -0.4 is 0 Å². The molecule has 6 rings (SSSR count). The predicted molar refractivity (Wildman–Crippen MR) is 122 cm³/mol. The summed E-state index contributed by atoms with van der Waals surface area (Å²) in [5, 5.41) is 22.8. The number of benzene rings is 1. The molecule has 0 radical (unpaired) electrons. The number of nitrogens with one attached hydrogen (secondary N) is 1. The Bertz CT molecular complexity index is 1080. The van der Waals surface area contributed by atoms with Crippen molar-refractivity contribution in [3.8, 4) is 0 Å². The molecule has 0 spiro atoms.